The van der Waals surface area contributed by atoms with Crippen LogP contribution in [0.1, 0.15) is 51.4 Å². The minimum atomic E-state index is -3.16. The molecule has 3 fully saturated rings. The highest BCUT2D eigenvalue weighted by Gasteiger charge is 2.48. The van der Waals surface area contributed by atoms with E-state index in [1.165, 1.54) is 0 Å². The van der Waals surface area contributed by atoms with Gasteiger partial charge in [0, 0.05) is 38.5 Å². The van der Waals surface area contributed by atoms with E-state index in [9.17, 15) is 48.3 Å². The highest BCUT2D eigenvalue weighted by Crippen LogP contribution is 2.24. The Kier molecular flexibility index (Phi) is 6.71. The fraction of sp³-hybridized carbons (Fsp3) is 0.500. The molecule has 0 unspecified atom stereocenters. The van der Waals surface area contributed by atoms with Gasteiger partial charge >= 0.3 is 17.9 Å². The number of hydrogen-bond donors (Lipinski definition) is 1. The average molecular weight is 483 g/mol. The standard InChI is InChI=1S/C18H17N3O13/c22-9-1-2-10(23)19(9)32-15(28)7-18(31,17(30)34-21-13(26)5-6-14(21)27)8-16(29)33-20-11(24)3-4-12(20)25/h31H,1-8H2. The number of imide groups is 3. The summed E-state index contributed by atoms with van der Waals surface area (Å²) in [6, 6.07) is 0. The second-order valence-corrected chi connectivity index (χ2v) is 7.44. The Labute approximate surface area is 189 Å². The van der Waals surface area contributed by atoms with E-state index in [0.717, 1.165) is 0 Å². The fourth-order valence-corrected chi connectivity index (χ4v) is 3.09. The average Bonchev–Trinajstić information content (AvgIpc) is 3.36. The third kappa shape index (κ3) is 5.06. The summed E-state index contributed by atoms with van der Waals surface area (Å²) in [6.07, 6.45) is -4.40. The molecule has 1 N–H and O–H groups in total. The molecule has 0 saturated carbocycles. The zero-order chi connectivity index (χ0) is 25.2. The van der Waals surface area contributed by atoms with Gasteiger partial charge in [-0.2, -0.15) is 0 Å². The molecule has 182 valence electrons. The smallest absolute Gasteiger partial charge is 0.365 e. The van der Waals surface area contributed by atoms with Gasteiger partial charge in [0.15, 0.2) is 5.60 Å². The van der Waals surface area contributed by atoms with Gasteiger partial charge in [0.2, 0.25) is 0 Å². The van der Waals surface area contributed by atoms with Crippen molar-refractivity contribution in [3.05, 3.63) is 0 Å². The molecular formula is C18H17N3O13. The Morgan fingerprint density at radius 3 is 1.15 bits per heavy atom. The van der Waals surface area contributed by atoms with Crippen LogP contribution in [0.2, 0.25) is 0 Å². The lowest BCUT2D eigenvalue weighted by Gasteiger charge is -2.26. The molecule has 16 nitrogen and oxygen atoms in total. The lowest BCUT2D eigenvalue weighted by atomic mass is 9.96. The van der Waals surface area contributed by atoms with Gasteiger partial charge in [-0.3, -0.25) is 28.8 Å². The number of carbonyl (C=O) groups excluding carboxylic acids is 9. The van der Waals surface area contributed by atoms with Crippen molar-refractivity contribution in [1.29, 1.82) is 0 Å². The summed E-state index contributed by atoms with van der Waals surface area (Å²) in [5, 5.41) is 11.0. The van der Waals surface area contributed by atoms with Crippen LogP contribution >= 0.6 is 0 Å². The molecule has 0 aromatic heterocycles. The van der Waals surface area contributed by atoms with Gasteiger partial charge in [-0.1, -0.05) is 0 Å². The molecule has 0 radical (unpaired) electrons. The van der Waals surface area contributed by atoms with Crippen LogP contribution in [0.5, 0.6) is 0 Å². The molecule has 34 heavy (non-hydrogen) atoms. The van der Waals surface area contributed by atoms with E-state index in [1.807, 2.05) is 0 Å². The zero-order valence-corrected chi connectivity index (χ0v) is 17.3. The maximum atomic E-state index is 12.6. The van der Waals surface area contributed by atoms with Crippen molar-refractivity contribution in [1.82, 2.24) is 15.2 Å². The minimum absolute atomic E-state index is 0.0328. The molecular weight excluding hydrogens is 466 g/mol. The van der Waals surface area contributed by atoms with Gasteiger partial charge in [0.1, 0.15) is 0 Å². The first-order valence-corrected chi connectivity index (χ1v) is 9.85. The van der Waals surface area contributed by atoms with Crippen molar-refractivity contribution in [3.8, 4) is 0 Å². The molecule has 3 rings (SSSR count). The first-order valence-electron chi connectivity index (χ1n) is 9.85. The summed E-state index contributed by atoms with van der Waals surface area (Å²) in [5.41, 5.74) is -3.16. The SMILES string of the molecule is O=C(CC(O)(CC(=O)ON1C(=O)CCC1=O)C(=O)ON1C(=O)CCC1=O)ON1C(=O)CCC1=O. The zero-order valence-electron chi connectivity index (χ0n) is 17.3. The van der Waals surface area contributed by atoms with Gasteiger partial charge in [0.25, 0.3) is 35.4 Å². The van der Waals surface area contributed by atoms with Crippen LogP contribution in [-0.2, 0) is 57.7 Å². The summed E-state index contributed by atoms with van der Waals surface area (Å²) in [4.78, 5) is 121. The van der Waals surface area contributed by atoms with Crippen LogP contribution in [0.25, 0.3) is 0 Å². The molecule has 3 heterocycles. The van der Waals surface area contributed by atoms with Gasteiger partial charge in [-0.05, 0) is 0 Å². The number of amides is 6. The highest BCUT2D eigenvalue weighted by atomic mass is 16.7. The van der Waals surface area contributed by atoms with E-state index >= 15 is 0 Å². The molecule has 0 bridgehead atoms. The normalized spacial score (nSPS) is 18.8. The first-order chi connectivity index (χ1) is 15.9. The highest BCUT2D eigenvalue weighted by molar-refractivity contribution is 6.04. The van der Waals surface area contributed by atoms with E-state index in [0.29, 0.717) is 0 Å². The predicted molar refractivity (Wildman–Crippen MR) is 95.7 cm³/mol. The summed E-state index contributed by atoms with van der Waals surface area (Å²) in [6.45, 7) is 0. The molecule has 3 aliphatic rings. The first kappa shape index (κ1) is 24.4. The Balaban J connectivity index is 1.75. The van der Waals surface area contributed by atoms with Gasteiger partial charge in [0.05, 0.1) is 12.8 Å². The summed E-state index contributed by atoms with van der Waals surface area (Å²) < 4.78 is 0. The monoisotopic (exact) mass is 483 g/mol. The van der Waals surface area contributed by atoms with E-state index in [1.54, 1.807) is 0 Å². The summed E-state index contributed by atoms with van der Waals surface area (Å²) >= 11 is 0. The number of carbonyl (C=O) groups is 9. The maximum Gasteiger partial charge on any atom is 0.365 e. The molecule has 0 spiro atoms. The van der Waals surface area contributed by atoms with Crippen LogP contribution in [-0.4, -0.2) is 79.2 Å². The number of nitrogens with zero attached hydrogens (tertiary/aromatic N) is 3. The molecule has 3 saturated heterocycles. The molecule has 16 heteroatoms. The van der Waals surface area contributed by atoms with E-state index in [-0.39, 0.29) is 53.7 Å². The summed E-state index contributed by atoms with van der Waals surface area (Å²) in [5.74, 6) is -10.3. The minimum Gasteiger partial charge on any atom is -0.377 e. The van der Waals surface area contributed by atoms with Crippen molar-refractivity contribution >= 4 is 53.4 Å². The van der Waals surface area contributed by atoms with E-state index < -0.39 is 71.8 Å². The predicted octanol–water partition coefficient (Wildman–Crippen LogP) is -2.68. The maximum absolute atomic E-state index is 12.6. The fourth-order valence-electron chi connectivity index (χ4n) is 3.09. The lowest BCUT2D eigenvalue weighted by Crippen LogP contribution is -2.49. The largest absolute Gasteiger partial charge is 0.377 e. The third-order valence-corrected chi connectivity index (χ3v) is 4.83. The van der Waals surface area contributed by atoms with Crippen LogP contribution < -0.4 is 0 Å². The second-order valence-electron chi connectivity index (χ2n) is 7.44. The molecule has 0 aromatic rings. The van der Waals surface area contributed by atoms with E-state index in [2.05, 4.69) is 14.5 Å². The van der Waals surface area contributed by atoms with Crippen LogP contribution in [0.3, 0.4) is 0 Å². The van der Waals surface area contributed by atoms with Crippen molar-refractivity contribution < 1.29 is 62.8 Å². The van der Waals surface area contributed by atoms with Crippen LogP contribution in [0, 0.1) is 0 Å². The van der Waals surface area contributed by atoms with E-state index in [4.69, 9.17) is 0 Å². The lowest BCUT2D eigenvalue weighted by molar-refractivity contribution is -0.220. The molecule has 0 aliphatic carbocycles. The Bertz CT molecular complexity index is 919. The number of aliphatic hydroxyl groups is 1. The molecule has 0 atom stereocenters. The topological polar surface area (TPSA) is 211 Å². The third-order valence-electron chi connectivity index (χ3n) is 4.83. The Morgan fingerprint density at radius 1 is 0.588 bits per heavy atom. The van der Waals surface area contributed by atoms with Crippen LogP contribution in [0.15, 0.2) is 0 Å². The van der Waals surface area contributed by atoms with Crippen molar-refractivity contribution in [2.45, 2.75) is 57.0 Å². The van der Waals surface area contributed by atoms with Crippen molar-refractivity contribution in [3.63, 3.8) is 0 Å². The Hall–Kier alpha value is -4.21. The van der Waals surface area contributed by atoms with Crippen LogP contribution in [0.4, 0.5) is 0 Å². The number of hydroxylamine groups is 6. The number of rotatable bonds is 8. The summed E-state index contributed by atoms with van der Waals surface area (Å²) in [7, 11) is 0. The molecule has 6 amide bonds. The van der Waals surface area contributed by atoms with Gasteiger partial charge in [-0.15, -0.1) is 15.2 Å². The van der Waals surface area contributed by atoms with Gasteiger partial charge < -0.3 is 19.6 Å². The Morgan fingerprint density at radius 2 is 0.853 bits per heavy atom. The van der Waals surface area contributed by atoms with Crippen molar-refractivity contribution in [2.24, 2.45) is 0 Å². The second kappa shape index (κ2) is 9.34. The van der Waals surface area contributed by atoms with Crippen molar-refractivity contribution in [2.75, 3.05) is 0 Å². The quantitative estimate of drug-likeness (QED) is 0.349. The van der Waals surface area contributed by atoms with Gasteiger partial charge in [-0.25, -0.2) is 14.4 Å². The molecule has 0 aromatic carbocycles. The molecule has 3 aliphatic heterocycles. The number of hydrogen-bond acceptors (Lipinski definition) is 13.